The number of nitrogens with zero attached hydrogens (tertiary/aromatic N) is 3. The molecule has 9 heteroatoms. The molecule has 0 radical (unpaired) electrons. The van der Waals surface area contributed by atoms with Crippen LogP contribution >= 0.6 is 11.8 Å². The van der Waals surface area contributed by atoms with Gasteiger partial charge in [0.25, 0.3) is 0 Å². The molecule has 1 amide bonds. The highest BCUT2D eigenvalue weighted by molar-refractivity contribution is 7.99. The number of hydrogen-bond acceptors (Lipinski definition) is 6. The van der Waals surface area contributed by atoms with Crippen molar-refractivity contribution in [3.05, 3.63) is 35.4 Å². The number of aromatic nitrogens is 4. The molecule has 0 unspecified atom stereocenters. The van der Waals surface area contributed by atoms with Gasteiger partial charge in [-0.15, -0.1) is 5.10 Å². The summed E-state index contributed by atoms with van der Waals surface area (Å²) in [5.41, 5.74) is 1.07. The van der Waals surface area contributed by atoms with Crippen LogP contribution in [0.1, 0.15) is 22.3 Å². The zero-order valence-corrected chi connectivity index (χ0v) is 11.8. The Morgan fingerprint density at radius 2 is 2.05 bits per heavy atom. The molecule has 0 aliphatic rings. The van der Waals surface area contributed by atoms with E-state index in [0.717, 1.165) is 5.56 Å². The molecule has 21 heavy (non-hydrogen) atoms. The van der Waals surface area contributed by atoms with Gasteiger partial charge in [-0.1, -0.05) is 23.9 Å². The molecule has 0 saturated carbocycles. The zero-order valence-electron chi connectivity index (χ0n) is 10.9. The Labute approximate surface area is 124 Å². The Kier molecular flexibility index (Phi) is 5.27. The Bertz CT molecular complexity index is 600. The largest absolute Gasteiger partial charge is 0.478 e. The van der Waals surface area contributed by atoms with Gasteiger partial charge in [0.15, 0.2) is 0 Å². The van der Waals surface area contributed by atoms with Crippen molar-refractivity contribution in [2.75, 3.05) is 5.75 Å². The second-order valence-electron chi connectivity index (χ2n) is 4.08. The van der Waals surface area contributed by atoms with Gasteiger partial charge in [-0.2, -0.15) is 0 Å². The van der Waals surface area contributed by atoms with Gasteiger partial charge in [0, 0.05) is 18.7 Å². The average Bonchev–Trinajstić information content (AvgIpc) is 2.99. The molecule has 110 valence electrons. The summed E-state index contributed by atoms with van der Waals surface area (Å²) in [6, 6.07) is 6.38. The van der Waals surface area contributed by atoms with Crippen LogP contribution in [0.15, 0.2) is 29.4 Å². The van der Waals surface area contributed by atoms with Crippen molar-refractivity contribution in [2.24, 2.45) is 0 Å². The predicted molar refractivity (Wildman–Crippen MR) is 74.8 cm³/mol. The minimum Gasteiger partial charge on any atom is -0.478 e. The molecule has 0 saturated heterocycles. The Morgan fingerprint density at radius 1 is 1.29 bits per heavy atom. The fourth-order valence-corrected chi connectivity index (χ4v) is 2.19. The number of aromatic amines is 1. The number of rotatable bonds is 7. The van der Waals surface area contributed by atoms with E-state index in [9.17, 15) is 9.59 Å². The average molecular weight is 307 g/mol. The van der Waals surface area contributed by atoms with Crippen LogP contribution < -0.4 is 5.32 Å². The molecule has 1 aromatic heterocycles. The third-order valence-corrected chi connectivity index (χ3v) is 3.44. The summed E-state index contributed by atoms with van der Waals surface area (Å²) in [6.45, 7) is 0.368. The van der Waals surface area contributed by atoms with Crippen molar-refractivity contribution in [3.63, 3.8) is 0 Å². The van der Waals surface area contributed by atoms with Gasteiger partial charge in [0.1, 0.15) is 0 Å². The lowest BCUT2D eigenvalue weighted by Gasteiger charge is -2.05. The highest BCUT2D eigenvalue weighted by atomic mass is 32.2. The van der Waals surface area contributed by atoms with Gasteiger partial charge in [-0.05, 0) is 28.1 Å². The van der Waals surface area contributed by atoms with Gasteiger partial charge in [0.05, 0.1) is 5.56 Å². The van der Waals surface area contributed by atoms with E-state index >= 15 is 0 Å². The maximum Gasteiger partial charge on any atom is 0.335 e. The van der Waals surface area contributed by atoms with E-state index < -0.39 is 5.97 Å². The lowest BCUT2D eigenvalue weighted by molar-refractivity contribution is -0.120. The smallest absolute Gasteiger partial charge is 0.335 e. The summed E-state index contributed by atoms with van der Waals surface area (Å²) < 4.78 is 0. The summed E-state index contributed by atoms with van der Waals surface area (Å²) in [6.07, 6.45) is 0.346. The van der Waals surface area contributed by atoms with Crippen molar-refractivity contribution in [2.45, 2.75) is 18.1 Å². The number of H-pyrrole nitrogens is 1. The number of hydrogen-bond donors (Lipinski definition) is 3. The number of nitrogens with one attached hydrogen (secondary N) is 2. The summed E-state index contributed by atoms with van der Waals surface area (Å²) in [5, 5.41) is 25.3. The number of tetrazole rings is 1. The highest BCUT2D eigenvalue weighted by Crippen LogP contribution is 2.11. The van der Waals surface area contributed by atoms with Crippen molar-refractivity contribution >= 4 is 23.6 Å². The number of carbonyl (C=O) groups excluding carboxylic acids is 1. The number of aromatic carboxylic acids is 1. The molecule has 1 heterocycles. The van der Waals surface area contributed by atoms with Crippen LogP contribution in [0.2, 0.25) is 0 Å². The number of carboxylic acids is 1. The van der Waals surface area contributed by atoms with E-state index in [2.05, 4.69) is 25.9 Å². The van der Waals surface area contributed by atoms with Gasteiger partial charge in [0.2, 0.25) is 11.1 Å². The summed E-state index contributed by atoms with van der Waals surface area (Å²) in [7, 11) is 0. The summed E-state index contributed by atoms with van der Waals surface area (Å²) in [4.78, 5) is 22.3. The first kappa shape index (κ1) is 15.0. The van der Waals surface area contributed by atoms with Crippen molar-refractivity contribution in [1.82, 2.24) is 25.9 Å². The van der Waals surface area contributed by atoms with E-state index in [1.165, 1.54) is 23.9 Å². The summed E-state index contributed by atoms with van der Waals surface area (Å²) >= 11 is 1.36. The van der Waals surface area contributed by atoms with E-state index in [-0.39, 0.29) is 11.5 Å². The summed E-state index contributed by atoms with van der Waals surface area (Å²) in [5.74, 6) is -0.484. The minimum absolute atomic E-state index is 0.0858. The third-order valence-electron chi connectivity index (χ3n) is 2.58. The number of thioether (sulfide) groups is 1. The number of amides is 1. The van der Waals surface area contributed by atoms with E-state index in [1.807, 2.05) is 0 Å². The molecule has 0 aliphatic carbocycles. The highest BCUT2D eigenvalue weighted by Gasteiger charge is 2.05. The molecule has 8 nitrogen and oxygen atoms in total. The van der Waals surface area contributed by atoms with Crippen LogP contribution in [-0.4, -0.2) is 43.4 Å². The Morgan fingerprint density at radius 3 is 2.67 bits per heavy atom. The molecular weight excluding hydrogens is 294 g/mol. The lowest BCUT2D eigenvalue weighted by atomic mass is 10.1. The number of carboxylic acid groups (broad SMARTS) is 1. The van der Waals surface area contributed by atoms with E-state index in [1.54, 1.807) is 12.1 Å². The van der Waals surface area contributed by atoms with Gasteiger partial charge in [-0.25, -0.2) is 9.89 Å². The van der Waals surface area contributed by atoms with Crippen LogP contribution in [0.3, 0.4) is 0 Å². The zero-order chi connectivity index (χ0) is 15.1. The lowest BCUT2D eigenvalue weighted by Crippen LogP contribution is -2.23. The van der Waals surface area contributed by atoms with Crippen molar-refractivity contribution in [1.29, 1.82) is 0 Å². The fourth-order valence-electron chi connectivity index (χ4n) is 1.51. The van der Waals surface area contributed by atoms with Crippen molar-refractivity contribution < 1.29 is 14.7 Å². The first-order chi connectivity index (χ1) is 10.1. The molecule has 2 rings (SSSR count). The van der Waals surface area contributed by atoms with Gasteiger partial charge in [-0.3, -0.25) is 4.79 Å². The molecular formula is C12H13N5O3S. The molecule has 0 aliphatic heterocycles. The van der Waals surface area contributed by atoms with Gasteiger partial charge < -0.3 is 10.4 Å². The monoisotopic (exact) mass is 307 g/mol. The van der Waals surface area contributed by atoms with Crippen LogP contribution in [0, 0.1) is 0 Å². The van der Waals surface area contributed by atoms with Gasteiger partial charge >= 0.3 is 5.97 Å². The SMILES string of the molecule is O=C(CCSc1nnn[nH]1)NCc1ccc(C(=O)O)cc1. The number of carbonyl (C=O) groups is 2. The molecule has 0 fully saturated rings. The first-order valence-corrected chi connectivity index (χ1v) is 7.09. The normalized spacial score (nSPS) is 10.3. The molecule has 2 aromatic rings. The van der Waals surface area contributed by atoms with Crippen LogP contribution in [0.25, 0.3) is 0 Å². The minimum atomic E-state index is -0.968. The molecule has 0 atom stereocenters. The quantitative estimate of drug-likeness (QED) is 0.644. The molecule has 3 N–H and O–H groups in total. The van der Waals surface area contributed by atoms with Crippen LogP contribution in [-0.2, 0) is 11.3 Å². The second kappa shape index (κ2) is 7.39. The van der Waals surface area contributed by atoms with Crippen molar-refractivity contribution in [3.8, 4) is 0 Å². The van der Waals surface area contributed by atoms with E-state index in [4.69, 9.17) is 5.11 Å². The maximum atomic E-state index is 11.6. The number of benzene rings is 1. The standard InChI is InChI=1S/C12H13N5O3S/c18-10(5-6-21-12-14-16-17-15-12)13-7-8-1-3-9(4-2-8)11(19)20/h1-4H,5-7H2,(H,13,18)(H,19,20)(H,14,15,16,17). The fraction of sp³-hybridized carbons (Fsp3) is 0.250. The maximum absolute atomic E-state index is 11.6. The molecule has 1 aromatic carbocycles. The van der Waals surface area contributed by atoms with Crippen LogP contribution in [0.4, 0.5) is 0 Å². The molecule has 0 bridgehead atoms. The predicted octanol–water partition coefficient (Wildman–Crippen LogP) is 0.696. The Hall–Kier alpha value is -2.42. The second-order valence-corrected chi connectivity index (χ2v) is 5.17. The topological polar surface area (TPSA) is 121 Å². The Balaban J connectivity index is 1.69. The molecule has 0 spiro atoms. The van der Waals surface area contributed by atoms with E-state index in [0.29, 0.717) is 23.9 Å². The van der Waals surface area contributed by atoms with Crippen LogP contribution in [0.5, 0.6) is 0 Å². The first-order valence-electron chi connectivity index (χ1n) is 6.10. The third kappa shape index (κ3) is 4.88.